The van der Waals surface area contributed by atoms with Crippen LogP contribution in [0.1, 0.15) is 36.6 Å². The van der Waals surface area contributed by atoms with Gasteiger partial charge in [0.2, 0.25) is 0 Å². The van der Waals surface area contributed by atoms with Crippen molar-refractivity contribution in [1.82, 2.24) is 5.32 Å². The molecule has 0 saturated carbocycles. The predicted molar refractivity (Wildman–Crippen MR) is 58.7 cm³/mol. The van der Waals surface area contributed by atoms with Crippen molar-refractivity contribution in [2.45, 2.75) is 32.7 Å². The summed E-state index contributed by atoms with van der Waals surface area (Å²) in [6.45, 7) is 4.41. The average Bonchev–Trinajstić information content (AvgIpc) is 2.74. The van der Waals surface area contributed by atoms with E-state index in [1.54, 1.807) is 6.07 Å². The first-order valence-electron chi connectivity index (χ1n) is 5.30. The predicted octanol–water partition coefficient (Wildman–Crippen LogP) is 1.31. The topological polar surface area (TPSA) is 68.3 Å². The molecule has 3 N–H and O–H groups in total. The molecule has 0 aliphatic heterocycles. The monoisotopic (exact) mass is 210 g/mol. The molecule has 84 valence electrons. The minimum Gasteiger partial charge on any atom is -0.456 e. The first-order valence-corrected chi connectivity index (χ1v) is 5.30. The number of furan rings is 1. The van der Waals surface area contributed by atoms with Gasteiger partial charge in [-0.05, 0) is 18.6 Å². The Kier molecular flexibility index (Phi) is 4.37. The van der Waals surface area contributed by atoms with E-state index in [4.69, 9.17) is 10.2 Å². The number of aryl methyl sites for hydroxylation is 1. The number of nitrogens with two attached hydrogens (primary N) is 1. The summed E-state index contributed by atoms with van der Waals surface area (Å²) in [5, 5.41) is 2.81. The van der Waals surface area contributed by atoms with E-state index in [9.17, 15) is 4.79 Å². The second-order valence-corrected chi connectivity index (χ2v) is 3.43. The Morgan fingerprint density at radius 2 is 2.27 bits per heavy atom. The van der Waals surface area contributed by atoms with Gasteiger partial charge in [0.25, 0.3) is 5.91 Å². The average molecular weight is 210 g/mol. The number of rotatable bonds is 5. The third-order valence-electron chi connectivity index (χ3n) is 2.35. The Morgan fingerprint density at radius 1 is 1.53 bits per heavy atom. The minimum absolute atomic E-state index is 0.0210. The molecule has 0 radical (unpaired) electrons. The van der Waals surface area contributed by atoms with Gasteiger partial charge in [-0.3, -0.25) is 4.79 Å². The van der Waals surface area contributed by atoms with Crippen molar-refractivity contribution in [3.63, 3.8) is 0 Å². The van der Waals surface area contributed by atoms with Crippen LogP contribution in [-0.2, 0) is 6.42 Å². The summed E-state index contributed by atoms with van der Waals surface area (Å²) in [7, 11) is 0. The maximum absolute atomic E-state index is 11.6. The van der Waals surface area contributed by atoms with E-state index in [2.05, 4.69) is 5.32 Å². The zero-order valence-corrected chi connectivity index (χ0v) is 9.25. The largest absolute Gasteiger partial charge is 0.456 e. The van der Waals surface area contributed by atoms with Gasteiger partial charge in [0, 0.05) is 19.0 Å². The normalized spacial score (nSPS) is 12.5. The van der Waals surface area contributed by atoms with Crippen molar-refractivity contribution in [2.24, 2.45) is 5.73 Å². The van der Waals surface area contributed by atoms with Crippen molar-refractivity contribution >= 4 is 5.91 Å². The molecule has 4 heteroatoms. The summed E-state index contributed by atoms with van der Waals surface area (Å²) < 4.78 is 5.33. The van der Waals surface area contributed by atoms with Gasteiger partial charge in [-0.1, -0.05) is 13.8 Å². The fourth-order valence-electron chi connectivity index (χ4n) is 1.27. The van der Waals surface area contributed by atoms with Crippen molar-refractivity contribution in [3.8, 4) is 0 Å². The molecule has 1 atom stereocenters. The lowest BCUT2D eigenvalue weighted by Gasteiger charge is -2.12. The van der Waals surface area contributed by atoms with Gasteiger partial charge in [-0.25, -0.2) is 0 Å². The molecule has 0 aliphatic rings. The van der Waals surface area contributed by atoms with Crippen molar-refractivity contribution in [2.75, 3.05) is 6.54 Å². The maximum Gasteiger partial charge on any atom is 0.287 e. The molecule has 1 heterocycles. The van der Waals surface area contributed by atoms with Crippen LogP contribution in [-0.4, -0.2) is 18.5 Å². The van der Waals surface area contributed by atoms with E-state index in [0.29, 0.717) is 12.3 Å². The second kappa shape index (κ2) is 5.56. The highest BCUT2D eigenvalue weighted by molar-refractivity contribution is 5.91. The smallest absolute Gasteiger partial charge is 0.287 e. The van der Waals surface area contributed by atoms with E-state index in [1.165, 1.54) is 0 Å². The molecule has 0 aromatic carbocycles. The van der Waals surface area contributed by atoms with Crippen LogP contribution in [0.15, 0.2) is 16.5 Å². The Labute approximate surface area is 89.8 Å². The molecule has 1 aromatic rings. The summed E-state index contributed by atoms with van der Waals surface area (Å²) in [5.74, 6) is 0.992. The molecule has 15 heavy (non-hydrogen) atoms. The third kappa shape index (κ3) is 3.09. The fraction of sp³-hybridized carbons (Fsp3) is 0.545. The molecule has 1 amide bonds. The van der Waals surface area contributed by atoms with E-state index in [0.717, 1.165) is 18.6 Å². The van der Waals surface area contributed by atoms with E-state index >= 15 is 0 Å². The van der Waals surface area contributed by atoms with Gasteiger partial charge in [-0.2, -0.15) is 0 Å². The van der Waals surface area contributed by atoms with Crippen LogP contribution in [0.4, 0.5) is 0 Å². The summed E-state index contributed by atoms with van der Waals surface area (Å²) in [6, 6.07) is 3.53. The van der Waals surface area contributed by atoms with E-state index < -0.39 is 0 Å². The summed E-state index contributed by atoms with van der Waals surface area (Å²) in [5.41, 5.74) is 5.50. The molecule has 4 nitrogen and oxygen atoms in total. The lowest BCUT2D eigenvalue weighted by Crippen LogP contribution is -2.39. The molecule has 0 fully saturated rings. The van der Waals surface area contributed by atoms with Crippen LogP contribution in [0.25, 0.3) is 0 Å². The molecule has 1 unspecified atom stereocenters. The van der Waals surface area contributed by atoms with E-state index in [-0.39, 0.29) is 11.9 Å². The van der Waals surface area contributed by atoms with Crippen molar-refractivity contribution in [1.29, 1.82) is 0 Å². The quantitative estimate of drug-likeness (QED) is 0.770. The number of amides is 1. The molecule has 1 rings (SSSR count). The minimum atomic E-state index is -0.188. The Hall–Kier alpha value is -1.29. The molecule has 1 aromatic heterocycles. The van der Waals surface area contributed by atoms with Crippen LogP contribution in [0, 0.1) is 0 Å². The number of nitrogens with one attached hydrogen (secondary N) is 1. The molecular formula is C11H18N2O2. The highest BCUT2D eigenvalue weighted by Crippen LogP contribution is 2.08. The third-order valence-corrected chi connectivity index (χ3v) is 2.35. The lowest BCUT2D eigenvalue weighted by atomic mass is 10.2. The first-order chi connectivity index (χ1) is 7.21. The van der Waals surface area contributed by atoms with Crippen LogP contribution < -0.4 is 11.1 Å². The van der Waals surface area contributed by atoms with Gasteiger partial charge in [0.05, 0.1) is 0 Å². The molecule has 0 saturated heterocycles. The Balaban J connectivity index is 2.60. The number of carbonyl (C=O) groups is 1. The van der Waals surface area contributed by atoms with Gasteiger partial charge in [0.1, 0.15) is 5.76 Å². The summed E-state index contributed by atoms with van der Waals surface area (Å²) in [4.78, 5) is 11.6. The highest BCUT2D eigenvalue weighted by atomic mass is 16.3. The number of hydrogen-bond donors (Lipinski definition) is 2. The van der Waals surface area contributed by atoms with Gasteiger partial charge >= 0.3 is 0 Å². The van der Waals surface area contributed by atoms with E-state index in [1.807, 2.05) is 19.9 Å². The zero-order valence-electron chi connectivity index (χ0n) is 9.25. The summed E-state index contributed by atoms with van der Waals surface area (Å²) >= 11 is 0. The highest BCUT2D eigenvalue weighted by Gasteiger charge is 2.13. The van der Waals surface area contributed by atoms with Crippen molar-refractivity contribution < 1.29 is 9.21 Å². The zero-order chi connectivity index (χ0) is 11.3. The van der Waals surface area contributed by atoms with Crippen LogP contribution in [0.3, 0.4) is 0 Å². The fourth-order valence-corrected chi connectivity index (χ4v) is 1.27. The molecular weight excluding hydrogens is 192 g/mol. The second-order valence-electron chi connectivity index (χ2n) is 3.43. The van der Waals surface area contributed by atoms with Gasteiger partial charge in [0.15, 0.2) is 5.76 Å². The SMILES string of the molecule is CCc1ccc(C(=O)NC(CC)CN)o1. The molecule has 0 aliphatic carbocycles. The Morgan fingerprint density at radius 3 is 2.73 bits per heavy atom. The standard InChI is InChI=1S/C11H18N2O2/c1-3-8(7-12)13-11(14)10-6-5-9(4-2)15-10/h5-6,8H,3-4,7,12H2,1-2H3,(H,13,14). The summed E-state index contributed by atoms with van der Waals surface area (Å²) in [6.07, 6.45) is 1.62. The lowest BCUT2D eigenvalue weighted by molar-refractivity contribution is 0.0907. The Bertz CT molecular complexity index is 316. The molecule has 0 spiro atoms. The van der Waals surface area contributed by atoms with Crippen molar-refractivity contribution in [3.05, 3.63) is 23.7 Å². The van der Waals surface area contributed by atoms with Crippen LogP contribution >= 0.6 is 0 Å². The molecule has 0 bridgehead atoms. The number of carbonyl (C=O) groups excluding carboxylic acids is 1. The first kappa shape index (κ1) is 11.8. The van der Waals surface area contributed by atoms with Gasteiger partial charge < -0.3 is 15.5 Å². The van der Waals surface area contributed by atoms with Crippen LogP contribution in [0.2, 0.25) is 0 Å². The number of hydrogen-bond acceptors (Lipinski definition) is 3. The van der Waals surface area contributed by atoms with Gasteiger partial charge in [-0.15, -0.1) is 0 Å². The maximum atomic E-state index is 11.6. The van der Waals surface area contributed by atoms with Crippen LogP contribution in [0.5, 0.6) is 0 Å².